The Morgan fingerprint density at radius 1 is 1.26 bits per heavy atom. The number of hydrogen-bond acceptors (Lipinski definition) is 3. The van der Waals surface area contributed by atoms with E-state index in [0.29, 0.717) is 5.76 Å². The summed E-state index contributed by atoms with van der Waals surface area (Å²) in [5.41, 5.74) is 0.993. The fourth-order valence-corrected chi connectivity index (χ4v) is 3.02. The van der Waals surface area contributed by atoms with Gasteiger partial charge in [0, 0.05) is 23.3 Å². The third kappa shape index (κ3) is 2.58. The van der Waals surface area contributed by atoms with E-state index in [1.807, 2.05) is 29.2 Å². The number of carbonyl (C=O) groups is 1. The van der Waals surface area contributed by atoms with Crippen LogP contribution in [0.5, 0.6) is 0 Å². The number of amides is 1. The Bertz CT molecular complexity index is 604. The van der Waals surface area contributed by atoms with Gasteiger partial charge in [0.05, 0.1) is 12.0 Å². The quantitative estimate of drug-likeness (QED) is 0.785. The van der Waals surface area contributed by atoms with E-state index in [2.05, 4.69) is 6.07 Å². The lowest BCUT2D eigenvalue weighted by atomic mass is 10.2. The van der Waals surface area contributed by atoms with Gasteiger partial charge in [-0.2, -0.15) is 0 Å². The van der Waals surface area contributed by atoms with Crippen molar-refractivity contribution in [2.45, 2.75) is 4.90 Å². The molecule has 0 spiro atoms. The third-order valence-electron chi connectivity index (χ3n) is 2.93. The molecule has 96 valence electrons. The van der Waals surface area contributed by atoms with Crippen LogP contribution in [0.1, 0.15) is 5.76 Å². The highest BCUT2D eigenvalue weighted by molar-refractivity contribution is 7.99. The van der Waals surface area contributed by atoms with Gasteiger partial charge >= 0.3 is 0 Å². The van der Waals surface area contributed by atoms with Crippen LogP contribution in [-0.2, 0) is 4.79 Å². The van der Waals surface area contributed by atoms with E-state index >= 15 is 0 Å². The van der Waals surface area contributed by atoms with E-state index < -0.39 is 0 Å². The summed E-state index contributed by atoms with van der Waals surface area (Å²) in [7, 11) is 0. The summed E-state index contributed by atoms with van der Waals surface area (Å²) >= 11 is 1.79. The van der Waals surface area contributed by atoms with Gasteiger partial charge in [-0.3, -0.25) is 4.79 Å². The molecule has 19 heavy (non-hydrogen) atoms. The molecule has 3 nitrogen and oxygen atoms in total. The van der Waals surface area contributed by atoms with Crippen LogP contribution in [-0.4, -0.2) is 18.2 Å². The van der Waals surface area contributed by atoms with Crippen molar-refractivity contribution in [2.24, 2.45) is 0 Å². The Morgan fingerprint density at radius 3 is 3.00 bits per heavy atom. The summed E-state index contributed by atoms with van der Waals surface area (Å²) in [5.74, 6) is 1.61. The zero-order valence-corrected chi connectivity index (χ0v) is 11.1. The molecule has 0 aliphatic carbocycles. The smallest absolute Gasteiger partial charge is 0.251 e. The number of hydrogen-bond donors (Lipinski definition) is 0. The van der Waals surface area contributed by atoms with Gasteiger partial charge in [0.1, 0.15) is 5.76 Å². The van der Waals surface area contributed by atoms with Crippen molar-refractivity contribution < 1.29 is 9.21 Å². The Hall–Kier alpha value is -1.94. The molecular weight excluding hydrogens is 258 g/mol. The first-order valence-electron chi connectivity index (χ1n) is 6.09. The predicted octanol–water partition coefficient (Wildman–Crippen LogP) is 3.43. The number of para-hydroxylation sites is 1. The van der Waals surface area contributed by atoms with Crippen molar-refractivity contribution in [1.82, 2.24) is 0 Å². The van der Waals surface area contributed by atoms with Gasteiger partial charge in [0.25, 0.3) is 5.91 Å². The standard InChI is InChI=1S/C15H13NO2S/c17-15(8-7-12-4-3-10-18-12)16-9-11-19-14-6-2-1-5-13(14)16/h1-8,10H,9,11H2. The lowest BCUT2D eigenvalue weighted by Crippen LogP contribution is -2.34. The van der Waals surface area contributed by atoms with Crippen LogP contribution in [0.2, 0.25) is 0 Å². The highest BCUT2D eigenvalue weighted by Crippen LogP contribution is 2.34. The Morgan fingerprint density at radius 2 is 2.16 bits per heavy atom. The van der Waals surface area contributed by atoms with Crippen LogP contribution < -0.4 is 4.90 Å². The van der Waals surface area contributed by atoms with Crippen LogP contribution >= 0.6 is 11.8 Å². The fraction of sp³-hybridized carbons (Fsp3) is 0.133. The molecule has 1 aromatic heterocycles. The molecule has 0 atom stereocenters. The number of thioether (sulfide) groups is 1. The minimum absolute atomic E-state index is 0.0100. The number of nitrogens with zero attached hydrogens (tertiary/aromatic N) is 1. The van der Waals surface area contributed by atoms with E-state index in [4.69, 9.17) is 4.42 Å². The number of carbonyl (C=O) groups excluding carboxylic acids is 1. The minimum atomic E-state index is -0.0100. The van der Waals surface area contributed by atoms with Crippen LogP contribution in [0.15, 0.2) is 58.1 Å². The van der Waals surface area contributed by atoms with E-state index in [9.17, 15) is 4.79 Å². The Kier molecular flexibility index (Phi) is 3.42. The Balaban J connectivity index is 1.81. The summed E-state index contributed by atoms with van der Waals surface area (Å²) in [6.07, 6.45) is 4.86. The third-order valence-corrected chi connectivity index (χ3v) is 3.97. The maximum absolute atomic E-state index is 12.2. The number of fused-ring (bicyclic) bond motifs is 1. The largest absolute Gasteiger partial charge is 0.465 e. The topological polar surface area (TPSA) is 33.5 Å². The van der Waals surface area contributed by atoms with Crippen molar-refractivity contribution in [3.63, 3.8) is 0 Å². The van der Waals surface area contributed by atoms with Gasteiger partial charge in [-0.1, -0.05) is 12.1 Å². The predicted molar refractivity (Wildman–Crippen MR) is 77.3 cm³/mol. The maximum Gasteiger partial charge on any atom is 0.251 e. The van der Waals surface area contributed by atoms with Crippen molar-refractivity contribution in [2.75, 3.05) is 17.2 Å². The van der Waals surface area contributed by atoms with Crippen molar-refractivity contribution in [3.05, 3.63) is 54.5 Å². The number of benzene rings is 1. The van der Waals surface area contributed by atoms with E-state index in [1.165, 1.54) is 0 Å². The molecule has 0 bridgehead atoms. The molecule has 4 heteroatoms. The van der Waals surface area contributed by atoms with E-state index in [-0.39, 0.29) is 5.91 Å². The van der Waals surface area contributed by atoms with Crippen LogP contribution in [0.4, 0.5) is 5.69 Å². The number of furan rings is 1. The molecule has 1 amide bonds. The molecular formula is C15H13NO2S. The zero-order chi connectivity index (χ0) is 13.1. The lowest BCUT2D eigenvalue weighted by Gasteiger charge is -2.27. The van der Waals surface area contributed by atoms with Gasteiger partial charge in [-0.05, 0) is 30.3 Å². The number of anilines is 1. The van der Waals surface area contributed by atoms with Crippen molar-refractivity contribution in [3.8, 4) is 0 Å². The van der Waals surface area contributed by atoms with E-state index in [1.54, 1.807) is 36.2 Å². The van der Waals surface area contributed by atoms with Crippen LogP contribution in [0.3, 0.4) is 0 Å². The summed E-state index contributed by atoms with van der Waals surface area (Å²) in [5, 5.41) is 0. The highest BCUT2D eigenvalue weighted by atomic mass is 32.2. The van der Waals surface area contributed by atoms with Gasteiger partial charge in [-0.15, -0.1) is 11.8 Å². The maximum atomic E-state index is 12.2. The van der Waals surface area contributed by atoms with Gasteiger partial charge in [0.2, 0.25) is 0 Å². The molecule has 1 aliphatic heterocycles. The molecule has 0 N–H and O–H groups in total. The van der Waals surface area contributed by atoms with E-state index in [0.717, 1.165) is 22.9 Å². The van der Waals surface area contributed by atoms with Crippen LogP contribution in [0.25, 0.3) is 6.08 Å². The van der Waals surface area contributed by atoms with Crippen molar-refractivity contribution in [1.29, 1.82) is 0 Å². The molecule has 0 unspecified atom stereocenters. The first-order chi connectivity index (χ1) is 9.34. The number of rotatable bonds is 2. The second-order valence-electron chi connectivity index (χ2n) is 4.15. The van der Waals surface area contributed by atoms with Gasteiger partial charge in [-0.25, -0.2) is 0 Å². The first kappa shape index (κ1) is 12.1. The second-order valence-corrected chi connectivity index (χ2v) is 5.29. The Labute approximate surface area is 115 Å². The molecule has 0 saturated carbocycles. The molecule has 0 saturated heterocycles. The second kappa shape index (κ2) is 5.36. The summed E-state index contributed by atoms with van der Waals surface area (Å²) in [6.45, 7) is 0.739. The summed E-state index contributed by atoms with van der Waals surface area (Å²) < 4.78 is 5.18. The average molecular weight is 271 g/mol. The van der Waals surface area contributed by atoms with Crippen LogP contribution in [0, 0.1) is 0 Å². The summed E-state index contributed by atoms with van der Waals surface area (Å²) in [4.78, 5) is 15.2. The minimum Gasteiger partial charge on any atom is -0.465 e. The van der Waals surface area contributed by atoms with Crippen molar-refractivity contribution >= 4 is 29.4 Å². The molecule has 1 aliphatic rings. The molecule has 0 radical (unpaired) electrons. The highest BCUT2D eigenvalue weighted by Gasteiger charge is 2.20. The first-order valence-corrected chi connectivity index (χ1v) is 7.08. The molecule has 0 fully saturated rings. The molecule has 2 heterocycles. The van der Waals surface area contributed by atoms with Gasteiger partial charge in [0.15, 0.2) is 0 Å². The average Bonchev–Trinajstić information content (AvgIpc) is 2.97. The normalized spacial score (nSPS) is 14.6. The molecule has 3 rings (SSSR count). The summed E-state index contributed by atoms with van der Waals surface area (Å²) in [6, 6.07) is 11.6. The lowest BCUT2D eigenvalue weighted by molar-refractivity contribution is -0.114. The fourth-order valence-electron chi connectivity index (χ4n) is 2.03. The molecule has 2 aromatic rings. The monoisotopic (exact) mass is 271 g/mol. The van der Waals surface area contributed by atoms with Gasteiger partial charge < -0.3 is 9.32 Å². The SMILES string of the molecule is O=C(C=Cc1ccco1)N1CCSc2ccccc21. The zero-order valence-electron chi connectivity index (χ0n) is 10.3. The molecule has 1 aromatic carbocycles.